The standard InChI is InChI=1S/C14H18FNO/c1-16-10-11-9-12(15)7-8-14(11)17-13-5-3-2-4-6-13/h3,5,7-9,13,16H,2,4,6,10H2,1H3. The number of hydrogen-bond acceptors (Lipinski definition) is 2. The highest BCUT2D eigenvalue weighted by molar-refractivity contribution is 5.34. The van der Waals surface area contributed by atoms with Gasteiger partial charge in [-0.15, -0.1) is 0 Å². The number of halogens is 1. The quantitative estimate of drug-likeness (QED) is 0.810. The van der Waals surface area contributed by atoms with Crippen LogP contribution in [-0.4, -0.2) is 13.2 Å². The molecule has 0 saturated carbocycles. The van der Waals surface area contributed by atoms with Crippen molar-refractivity contribution in [3.8, 4) is 5.75 Å². The van der Waals surface area contributed by atoms with Crippen molar-refractivity contribution in [2.24, 2.45) is 0 Å². The minimum Gasteiger partial charge on any atom is -0.486 e. The van der Waals surface area contributed by atoms with Crippen molar-refractivity contribution < 1.29 is 9.13 Å². The molecule has 3 heteroatoms. The lowest BCUT2D eigenvalue weighted by Crippen LogP contribution is -2.17. The van der Waals surface area contributed by atoms with Crippen LogP contribution < -0.4 is 10.1 Å². The lowest BCUT2D eigenvalue weighted by Gasteiger charge is -2.20. The van der Waals surface area contributed by atoms with Crippen LogP contribution in [0.1, 0.15) is 24.8 Å². The lowest BCUT2D eigenvalue weighted by atomic mass is 10.1. The highest BCUT2D eigenvalue weighted by Crippen LogP contribution is 2.24. The zero-order chi connectivity index (χ0) is 12.1. The molecule has 0 saturated heterocycles. The van der Waals surface area contributed by atoms with Crippen LogP contribution in [0, 0.1) is 5.82 Å². The van der Waals surface area contributed by atoms with Crippen molar-refractivity contribution in [1.82, 2.24) is 5.32 Å². The largest absolute Gasteiger partial charge is 0.486 e. The summed E-state index contributed by atoms with van der Waals surface area (Å²) in [6.07, 6.45) is 7.69. The Morgan fingerprint density at radius 1 is 1.47 bits per heavy atom. The summed E-state index contributed by atoms with van der Waals surface area (Å²) in [5.74, 6) is 0.555. The average molecular weight is 235 g/mol. The van der Waals surface area contributed by atoms with Crippen LogP contribution in [0.25, 0.3) is 0 Å². The summed E-state index contributed by atoms with van der Waals surface area (Å²) in [5.41, 5.74) is 0.867. The summed E-state index contributed by atoms with van der Waals surface area (Å²) in [5, 5.41) is 3.02. The normalized spacial score (nSPS) is 19.3. The summed E-state index contributed by atoms with van der Waals surface area (Å²) >= 11 is 0. The van der Waals surface area contributed by atoms with Gasteiger partial charge in [-0.3, -0.25) is 0 Å². The van der Waals surface area contributed by atoms with Crippen LogP contribution in [0.2, 0.25) is 0 Å². The van der Waals surface area contributed by atoms with Crippen LogP contribution >= 0.6 is 0 Å². The molecule has 0 heterocycles. The molecular formula is C14H18FNO. The van der Waals surface area contributed by atoms with Crippen LogP contribution in [0.15, 0.2) is 30.4 Å². The molecule has 1 aromatic rings. The van der Waals surface area contributed by atoms with Crippen molar-refractivity contribution in [2.75, 3.05) is 7.05 Å². The fourth-order valence-corrected chi connectivity index (χ4v) is 2.03. The van der Waals surface area contributed by atoms with Crippen molar-refractivity contribution in [3.05, 3.63) is 41.7 Å². The highest BCUT2D eigenvalue weighted by Gasteiger charge is 2.12. The SMILES string of the molecule is CNCc1cc(F)ccc1OC1C=CCCC1. The molecule has 2 nitrogen and oxygen atoms in total. The molecule has 0 aliphatic heterocycles. The van der Waals surface area contributed by atoms with Crippen LogP contribution in [0.3, 0.4) is 0 Å². The third-order valence-corrected chi connectivity index (χ3v) is 2.88. The first kappa shape index (κ1) is 12.1. The van der Waals surface area contributed by atoms with Crippen molar-refractivity contribution in [1.29, 1.82) is 0 Å². The molecule has 0 fully saturated rings. The van der Waals surface area contributed by atoms with Crippen LogP contribution in [0.4, 0.5) is 4.39 Å². The number of ether oxygens (including phenoxy) is 1. The second kappa shape index (κ2) is 5.82. The maximum Gasteiger partial charge on any atom is 0.124 e. The van der Waals surface area contributed by atoms with Gasteiger partial charge in [-0.25, -0.2) is 4.39 Å². The fourth-order valence-electron chi connectivity index (χ4n) is 2.03. The van der Waals surface area contributed by atoms with E-state index in [2.05, 4.69) is 17.5 Å². The van der Waals surface area contributed by atoms with Gasteiger partial charge >= 0.3 is 0 Å². The molecule has 0 bridgehead atoms. The lowest BCUT2D eigenvalue weighted by molar-refractivity contribution is 0.227. The monoisotopic (exact) mass is 235 g/mol. The van der Waals surface area contributed by atoms with Gasteiger partial charge in [-0.05, 0) is 50.6 Å². The van der Waals surface area contributed by atoms with Gasteiger partial charge in [0.1, 0.15) is 17.7 Å². The molecule has 1 aromatic carbocycles. The first-order valence-corrected chi connectivity index (χ1v) is 6.06. The Morgan fingerprint density at radius 2 is 2.35 bits per heavy atom. The Hall–Kier alpha value is -1.35. The average Bonchev–Trinajstić information content (AvgIpc) is 2.34. The molecule has 2 rings (SSSR count). The maximum atomic E-state index is 13.2. The smallest absolute Gasteiger partial charge is 0.124 e. The molecule has 1 aliphatic carbocycles. The molecule has 0 spiro atoms. The van der Waals surface area contributed by atoms with Crippen molar-refractivity contribution in [3.63, 3.8) is 0 Å². The molecule has 1 aliphatic rings. The number of hydrogen-bond donors (Lipinski definition) is 1. The summed E-state index contributed by atoms with van der Waals surface area (Å²) in [4.78, 5) is 0. The second-order valence-corrected chi connectivity index (χ2v) is 4.30. The van der Waals surface area contributed by atoms with E-state index in [1.807, 2.05) is 7.05 Å². The highest BCUT2D eigenvalue weighted by atomic mass is 19.1. The van der Waals surface area contributed by atoms with Gasteiger partial charge in [-0.1, -0.05) is 6.08 Å². The molecular weight excluding hydrogens is 217 g/mol. The minimum absolute atomic E-state index is 0.129. The number of allylic oxidation sites excluding steroid dienone is 1. The number of nitrogens with one attached hydrogen (secondary N) is 1. The maximum absolute atomic E-state index is 13.2. The first-order chi connectivity index (χ1) is 8.29. The predicted octanol–water partition coefficient (Wildman–Crippen LogP) is 3.03. The van der Waals surface area contributed by atoms with E-state index in [0.717, 1.165) is 30.6 Å². The van der Waals surface area contributed by atoms with E-state index >= 15 is 0 Å². The van der Waals surface area contributed by atoms with Crippen LogP contribution in [-0.2, 0) is 6.54 Å². The molecule has 17 heavy (non-hydrogen) atoms. The molecule has 0 radical (unpaired) electrons. The van der Waals surface area contributed by atoms with E-state index in [4.69, 9.17) is 4.74 Å². The Balaban J connectivity index is 2.13. The minimum atomic E-state index is -0.221. The molecule has 1 atom stereocenters. The van der Waals surface area contributed by atoms with Gasteiger partial charge in [0.25, 0.3) is 0 Å². The van der Waals surface area contributed by atoms with Gasteiger partial charge in [0.2, 0.25) is 0 Å². The summed E-state index contributed by atoms with van der Waals surface area (Å²) in [6.45, 7) is 0.615. The Bertz CT molecular complexity index is 403. The van der Waals surface area contributed by atoms with Crippen LogP contribution in [0.5, 0.6) is 5.75 Å². The Kier molecular flexibility index (Phi) is 4.15. The van der Waals surface area contributed by atoms with E-state index in [1.54, 1.807) is 6.07 Å². The number of benzene rings is 1. The van der Waals surface area contributed by atoms with E-state index in [0.29, 0.717) is 6.54 Å². The molecule has 1 unspecified atom stereocenters. The summed E-state index contributed by atoms with van der Waals surface area (Å²) in [6, 6.07) is 4.68. The zero-order valence-electron chi connectivity index (χ0n) is 10.1. The molecule has 0 aromatic heterocycles. The Morgan fingerprint density at radius 3 is 3.06 bits per heavy atom. The van der Waals surface area contributed by atoms with Gasteiger partial charge in [0.15, 0.2) is 0 Å². The molecule has 0 amide bonds. The third-order valence-electron chi connectivity index (χ3n) is 2.88. The predicted molar refractivity (Wildman–Crippen MR) is 66.6 cm³/mol. The summed E-state index contributed by atoms with van der Waals surface area (Å²) < 4.78 is 19.1. The van der Waals surface area contributed by atoms with Gasteiger partial charge in [0, 0.05) is 12.1 Å². The zero-order valence-corrected chi connectivity index (χ0v) is 10.1. The summed E-state index contributed by atoms with van der Waals surface area (Å²) in [7, 11) is 1.84. The topological polar surface area (TPSA) is 21.3 Å². The molecule has 1 N–H and O–H groups in total. The van der Waals surface area contributed by atoms with E-state index in [-0.39, 0.29) is 11.9 Å². The Labute approximate surface area is 101 Å². The third kappa shape index (κ3) is 3.30. The van der Waals surface area contributed by atoms with Crippen molar-refractivity contribution >= 4 is 0 Å². The van der Waals surface area contributed by atoms with Gasteiger partial charge in [0.05, 0.1) is 0 Å². The van der Waals surface area contributed by atoms with E-state index in [1.165, 1.54) is 12.1 Å². The van der Waals surface area contributed by atoms with Gasteiger partial charge < -0.3 is 10.1 Å². The first-order valence-electron chi connectivity index (χ1n) is 6.06. The fraction of sp³-hybridized carbons (Fsp3) is 0.429. The molecule has 92 valence electrons. The van der Waals surface area contributed by atoms with Gasteiger partial charge in [-0.2, -0.15) is 0 Å². The second-order valence-electron chi connectivity index (χ2n) is 4.30. The van der Waals surface area contributed by atoms with E-state index < -0.39 is 0 Å². The van der Waals surface area contributed by atoms with Crippen molar-refractivity contribution in [2.45, 2.75) is 31.9 Å². The van der Waals surface area contributed by atoms with E-state index in [9.17, 15) is 4.39 Å². The number of rotatable bonds is 4.